The van der Waals surface area contributed by atoms with Gasteiger partial charge in [-0.05, 0) is 10.4 Å². The summed E-state index contributed by atoms with van der Waals surface area (Å²) in [6.07, 6.45) is 0. The van der Waals surface area contributed by atoms with Crippen molar-refractivity contribution in [2.75, 3.05) is 30.9 Å². The van der Waals surface area contributed by atoms with Crippen molar-refractivity contribution >= 4 is 80.9 Å². The number of fused-ring (bicyclic) bond motifs is 1. The third-order valence-corrected chi connectivity index (χ3v) is 9.25. The SMILES string of the molecule is COC(=O)Cn1nnnc1SCC1(C(=O)O)CS[C@@H]2C(NC(=O)C(=CCl)c3csc(N)n3)C(=O)N2C1.[H-].[H-].[Na+].[Na+]. The molecule has 0 aliphatic carbocycles. The topological polar surface area (TPSA) is 196 Å². The first-order valence-electron chi connectivity index (χ1n) is 10.1. The number of rotatable bonds is 9. The number of aromatic nitrogens is 5. The van der Waals surface area contributed by atoms with Crippen molar-refractivity contribution < 1.29 is 91.0 Å². The van der Waals surface area contributed by atoms with E-state index in [2.05, 4.69) is 30.6 Å². The Morgan fingerprint density at radius 1 is 1.45 bits per heavy atom. The fraction of sp³-hybridized carbons (Fsp3) is 0.444. The van der Waals surface area contributed by atoms with Gasteiger partial charge in [0.15, 0.2) is 5.13 Å². The van der Waals surface area contributed by atoms with Gasteiger partial charge >= 0.3 is 71.1 Å². The molecule has 2 aliphatic heterocycles. The van der Waals surface area contributed by atoms with E-state index in [9.17, 15) is 24.3 Å². The molecule has 2 saturated heterocycles. The van der Waals surface area contributed by atoms with Crippen LogP contribution < -0.4 is 70.2 Å². The number of carbonyl (C=O) groups is 4. The van der Waals surface area contributed by atoms with Crippen LogP contribution in [-0.2, 0) is 30.5 Å². The van der Waals surface area contributed by atoms with Crippen LogP contribution in [0.25, 0.3) is 5.57 Å². The zero-order valence-corrected chi connectivity index (χ0v) is 27.7. The first-order valence-corrected chi connectivity index (χ1v) is 13.5. The number of carboxylic acid groups (broad SMARTS) is 1. The number of β-lactam (4-membered cyclic amide) rings is 1. The number of esters is 1. The van der Waals surface area contributed by atoms with Crippen molar-refractivity contribution in [3.63, 3.8) is 0 Å². The van der Waals surface area contributed by atoms with Crippen LogP contribution in [0.1, 0.15) is 8.55 Å². The van der Waals surface area contributed by atoms with Crippen molar-refractivity contribution in [3.8, 4) is 0 Å². The molecule has 2 fully saturated rings. The van der Waals surface area contributed by atoms with Gasteiger partial charge in [-0.25, -0.2) is 9.67 Å². The first kappa shape index (κ1) is 33.3. The summed E-state index contributed by atoms with van der Waals surface area (Å²) in [4.78, 5) is 54.9. The largest absolute Gasteiger partial charge is 1.00 e. The number of anilines is 1. The molecule has 0 aromatic carbocycles. The molecule has 2 aromatic rings. The second-order valence-electron chi connectivity index (χ2n) is 7.78. The van der Waals surface area contributed by atoms with Gasteiger partial charge in [0.05, 0.1) is 18.4 Å². The van der Waals surface area contributed by atoms with Crippen molar-refractivity contribution in [1.82, 2.24) is 35.4 Å². The van der Waals surface area contributed by atoms with E-state index in [1.165, 1.54) is 28.5 Å². The Morgan fingerprint density at radius 2 is 2.18 bits per heavy atom. The van der Waals surface area contributed by atoms with Crippen LogP contribution >= 0.6 is 46.5 Å². The minimum Gasteiger partial charge on any atom is -1.00 e. The molecule has 196 valence electrons. The van der Waals surface area contributed by atoms with Gasteiger partial charge in [-0.1, -0.05) is 23.4 Å². The van der Waals surface area contributed by atoms with Crippen molar-refractivity contribution in [1.29, 1.82) is 0 Å². The second-order valence-corrected chi connectivity index (χ2v) is 10.9. The second kappa shape index (κ2) is 14.1. The number of amides is 2. The number of nitrogens with two attached hydrogens (primary N) is 1. The van der Waals surface area contributed by atoms with E-state index in [1.807, 2.05) is 0 Å². The van der Waals surface area contributed by atoms with Crippen molar-refractivity contribution in [3.05, 3.63) is 16.6 Å². The van der Waals surface area contributed by atoms with E-state index in [0.717, 1.165) is 28.6 Å². The number of methoxy groups -OCH3 is 1. The molecule has 4 N–H and O–H groups in total. The summed E-state index contributed by atoms with van der Waals surface area (Å²) in [6, 6.07) is -0.836. The predicted molar refractivity (Wildman–Crippen MR) is 133 cm³/mol. The summed E-state index contributed by atoms with van der Waals surface area (Å²) < 4.78 is 5.82. The summed E-state index contributed by atoms with van der Waals surface area (Å²) in [5.41, 5.74) is 5.75. The molecule has 38 heavy (non-hydrogen) atoms. The molecule has 0 bridgehead atoms. The average Bonchev–Trinajstić information content (AvgIpc) is 3.49. The van der Waals surface area contributed by atoms with E-state index in [1.54, 1.807) is 5.38 Å². The van der Waals surface area contributed by atoms with Crippen LogP contribution in [0.2, 0.25) is 0 Å². The summed E-state index contributed by atoms with van der Waals surface area (Å²) in [5, 5.41) is 25.4. The van der Waals surface area contributed by atoms with Crippen LogP contribution in [-0.4, -0.2) is 95.5 Å². The quantitative estimate of drug-likeness (QED) is 0.0787. The number of carboxylic acids is 1. The normalized spacial score (nSPS) is 22.3. The third kappa shape index (κ3) is 6.87. The molecule has 0 radical (unpaired) electrons. The minimum atomic E-state index is -1.29. The van der Waals surface area contributed by atoms with Gasteiger partial charge < -0.3 is 28.6 Å². The number of nitrogens with one attached hydrogen (secondary N) is 1. The average molecular weight is 623 g/mol. The van der Waals surface area contributed by atoms with Crippen LogP contribution in [0.5, 0.6) is 0 Å². The molecule has 14 nitrogen and oxygen atoms in total. The Morgan fingerprint density at radius 3 is 2.79 bits per heavy atom. The number of ether oxygens (including phenoxy) is 1. The molecule has 4 heterocycles. The molecule has 3 atom stereocenters. The number of nitrogen functional groups attached to an aromatic ring is 1. The van der Waals surface area contributed by atoms with Gasteiger partial charge in [0.2, 0.25) is 11.1 Å². The Bertz CT molecular complexity index is 1260. The molecule has 0 spiro atoms. The van der Waals surface area contributed by atoms with Gasteiger partial charge in [-0.3, -0.25) is 19.2 Å². The third-order valence-electron chi connectivity index (χ3n) is 5.52. The fourth-order valence-electron chi connectivity index (χ4n) is 3.55. The molecule has 2 aliphatic rings. The van der Waals surface area contributed by atoms with Gasteiger partial charge in [0, 0.05) is 29.0 Å². The standard InChI is InChI=1S/C18H19ClN8O6S3.2Na.2H/c1-33-10(28)3-27-17(23-24-25-27)36-7-18(15(31)32)5-26-13(30)11(14(26)35-6-18)22-12(29)8(2-19)9-4-34-16(20)21-9;;;;/h2,4,11,14H,3,5-7H2,1H3,(H2,20,21)(H,22,29)(H,31,32);;;;/q;2*+1;2*-1/t11?,14-,18?;;;;/m1..../s1. The van der Waals surface area contributed by atoms with Gasteiger partial charge in [-0.2, -0.15) is 0 Å². The summed E-state index contributed by atoms with van der Waals surface area (Å²) in [5.74, 6) is -2.40. The molecule has 2 unspecified atom stereocenters. The molecule has 4 rings (SSSR count). The van der Waals surface area contributed by atoms with Gasteiger partial charge in [0.25, 0.3) is 5.91 Å². The van der Waals surface area contributed by atoms with E-state index in [0.29, 0.717) is 5.69 Å². The molecular weight excluding hydrogens is 602 g/mol. The summed E-state index contributed by atoms with van der Waals surface area (Å²) >= 11 is 9.28. The number of thioether (sulfide) groups is 2. The monoisotopic (exact) mass is 622 g/mol. The van der Waals surface area contributed by atoms with Crippen LogP contribution in [0.15, 0.2) is 16.1 Å². The van der Waals surface area contributed by atoms with Gasteiger partial charge in [0.1, 0.15) is 23.4 Å². The molecule has 2 aromatic heterocycles. The number of halogens is 1. The Kier molecular flexibility index (Phi) is 12.4. The van der Waals surface area contributed by atoms with Crippen molar-refractivity contribution in [2.24, 2.45) is 5.41 Å². The Labute approximate surface area is 280 Å². The maximum atomic E-state index is 12.9. The number of aliphatic carboxylic acids is 1. The molecular formula is C18H21ClN8Na2O6S3. The van der Waals surface area contributed by atoms with Crippen molar-refractivity contribution in [2.45, 2.75) is 23.1 Å². The number of hydrogen-bond acceptors (Lipinski definition) is 13. The van der Waals surface area contributed by atoms with E-state index in [4.69, 9.17) is 17.3 Å². The van der Waals surface area contributed by atoms with Crippen LogP contribution in [0.4, 0.5) is 5.13 Å². The minimum absolute atomic E-state index is 0. The molecule has 20 heteroatoms. The first-order chi connectivity index (χ1) is 17.2. The van der Waals surface area contributed by atoms with E-state index >= 15 is 0 Å². The fourth-order valence-corrected chi connectivity index (χ4v) is 7.06. The van der Waals surface area contributed by atoms with Gasteiger partial charge in [-0.15, -0.1) is 28.2 Å². The van der Waals surface area contributed by atoms with E-state index < -0.39 is 40.6 Å². The maximum absolute atomic E-state index is 12.9. The number of hydrogen-bond donors (Lipinski definition) is 3. The Balaban J connectivity index is 0.00000380. The zero-order valence-electron chi connectivity index (χ0n) is 22.5. The number of nitrogens with zero attached hydrogens (tertiary/aromatic N) is 6. The number of tetrazole rings is 1. The summed E-state index contributed by atoms with van der Waals surface area (Å²) in [7, 11) is 1.23. The van der Waals surface area contributed by atoms with Crippen LogP contribution in [0.3, 0.4) is 0 Å². The smallest absolute Gasteiger partial charge is 1.00 e. The predicted octanol–water partition coefficient (Wildman–Crippen LogP) is -6.04. The molecule has 0 saturated carbocycles. The summed E-state index contributed by atoms with van der Waals surface area (Å²) in [6.45, 7) is -0.279. The Hall–Kier alpha value is -0.890. The molecule has 2 amide bonds. The zero-order chi connectivity index (χ0) is 26.0. The maximum Gasteiger partial charge on any atom is 1.00 e. The van der Waals surface area contributed by atoms with E-state index in [-0.39, 0.29) is 102 Å². The van der Waals surface area contributed by atoms with Crippen LogP contribution in [0, 0.1) is 5.41 Å². The number of carbonyl (C=O) groups excluding carboxylic acids is 3. The number of thiazole rings is 1.